The molecule has 1 aliphatic carbocycles. The summed E-state index contributed by atoms with van der Waals surface area (Å²) in [5, 5.41) is 17.8. The van der Waals surface area contributed by atoms with Crippen molar-refractivity contribution in [1.82, 2.24) is 0 Å². The number of ether oxygens (including phenoxy) is 1. The third-order valence-corrected chi connectivity index (χ3v) is 1.87. The van der Waals surface area contributed by atoms with Gasteiger partial charge in [0.1, 0.15) is 0 Å². The fourth-order valence-corrected chi connectivity index (χ4v) is 1.27. The Balaban J connectivity index is 2.07. The molecular weight excluding hydrogens is 108 g/mol. The Bertz CT molecular complexity index is 112. The predicted molar refractivity (Wildman–Crippen MR) is 25.2 cm³/mol. The van der Waals surface area contributed by atoms with E-state index in [1.54, 1.807) is 0 Å². The van der Waals surface area contributed by atoms with Gasteiger partial charge in [0.2, 0.25) is 0 Å². The monoisotopic (exact) mass is 116 g/mol. The zero-order chi connectivity index (χ0) is 5.72. The molecule has 0 amide bonds. The summed E-state index contributed by atoms with van der Waals surface area (Å²) in [6, 6.07) is 0. The molecule has 1 saturated heterocycles. The fourth-order valence-electron chi connectivity index (χ4n) is 1.27. The second-order valence-electron chi connectivity index (χ2n) is 2.43. The maximum atomic E-state index is 8.92. The van der Waals surface area contributed by atoms with E-state index in [1.165, 1.54) is 0 Å². The highest BCUT2D eigenvalue weighted by Gasteiger charge is 2.59. The standard InChI is InChI=1S/C5H8O3/c6-2-1-8-5-3(2)4(5)7/h2-7H,1H2. The number of fused-ring (bicyclic) bond motifs is 1. The number of rotatable bonds is 0. The molecule has 3 nitrogen and oxygen atoms in total. The van der Waals surface area contributed by atoms with Gasteiger partial charge in [0.15, 0.2) is 0 Å². The van der Waals surface area contributed by atoms with Gasteiger partial charge in [0.05, 0.1) is 24.9 Å². The third-order valence-electron chi connectivity index (χ3n) is 1.87. The van der Waals surface area contributed by atoms with Crippen LogP contribution in [0.1, 0.15) is 0 Å². The van der Waals surface area contributed by atoms with Gasteiger partial charge in [-0.1, -0.05) is 0 Å². The maximum absolute atomic E-state index is 8.92. The predicted octanol–water partition coefficient (Wildman–Crippen LogP) is -1.26. The van der Waals surface area contributed by atoms with E-state index in [4.69, 9.17) is 14.9 Å². The van der Waals surface area contributed by atoms with Gasteiger partial charge >= 0.3 is 0 Å². The van der Waals surface area contributed by atoms with Gasteiger partial charge in [-0.15, -0.1) is 0 Å². The van der Waals surface area contributed by atoms with E-state index in [1.807, 2.05) is 0 Å². The lowest BCUT2D eigenvalue weighted by Gasteiger charge is -2.01. The van der Waals surface area contributed by atoms with Crippen molar-refractivity contribution in [3.63, 3.8) is 0 Å². The molecule has 2 rings (SSSR count). The summed E-state index contributed by atoms with van der Waals surface area (Å²) in [5.74, 6) is 0.0370. The van der Waals surface area contributed by atoms with E-state index < -0.39 is 6.10 Å². The largest absolute Gasteiger partial charge is 0.390 e. The van der Waals surface area contributed by atoms with E-state index in [9.17, 15) is 0 Å². The summed E-state index contributed by atoms with van der Waals surface area (Å²) in [7, 11) is 0. The summed E-state index contributed by atoms with van der Waals surface area (Å²) in [6.45, 7) is 0.409. The molecule has 1 saturated carbocycles. The molecule has 2 N–H and O–H groups in total. The van der Waals surface area contributed by atoms with Crippen molar-refractivity contribution in [3.05, 3.63) is 0 Å². The molecule has 1 heterocycles. The molecule has 2 aliphatic rings. The topological polar surface area (TPSA) is 49.7 Å². The van der Waals surface area contributed by atoms with Gasteiger partial charge in [-0.25, -0.2) is 0 Å². The summed E-state index contributed by atoms with van der Waals surface area (Å²) >= 11 is 0. The van der Waals surface area contributed by atoms with Crippen LogP contribution in [0.3, 0.4) is 0 Å². The van der Waals surface area contributed by atoms with E-state index in [0.29, 0.717) is 6.61 Å². The Kier molecular flexibility index (Phi) is 0.730. The van der Waals surface area contributed by atoms with Crippen LogP contribution in [-0.4, -0.2) is 35.1 Å². The van der Waals surface area contributed by atoms with Crippen molar-refractivity contribution < 1.29 is 14.9 Å². The van der Waals surface area contributed by atoms with Crippen molar-refractivity contribution in [3.8, 4) is 0 Å². The summed E-state index contributed by atoms with van der Waals surface area (Å²) in [5.41, 5.74) is 0. The van der Waals surface area contributed by atoms with Gasteiger partial charge in [-0.3, -0.25) is 0 Å². The molecule has 1 aliphatic heterocycles. The van der Waals surface area contributed by atoms with Crippen LogP contribution in [0, 0.1) is 5.92 Å². The Morgan fingerprint density at radius 2 is 2.12 bits per heavy atom. The van der Waals surface area contributed by atoms with Crippen molar-refractivity contribution in [2.24, 2.45) is 5.92 Å². The molecule has 0 spiro atoms. The molecule has 4 atom stereocenters. The van der Waals surface area contributed by atoms with Crippen molar-refractivity contribution in [1.29, 1.82) is 0 Å². The Labute approximate surface area is 46.9 Å². The summed E-state index contributed by atoms with van der Waals surface area (Å²) < 4.78 is 4.95. The minimum Gasteiger partial charge on any atom is -0.390 e. The van der Waals surface area contributed by atoms with Crippen molar-refractivity contribution >= 4 is 0 Å². The second-order valence-corrected chi connectivity index (χ2v) is 2.43. The zero-order valence-electron chi connectivity index (χ0n) is 4.32. The van der Waals surface area contributed by atoms with E-state index in [-0.39, 0.29) is 18.1 Å². The van der Waals surface area contributed by atoms with Crippen molar-refractivity contribution in [2.75, 3.05) is 6.61 Å². The van der Waals surface area contributed by atoms with Crippen LogP contribution in [0.25, 0.3) is 0 Å². The molecule has 0 aromatic heterocycles. The lowest BCUT2D eigenvalue weighted by atomic mass is 10.3. The number of hydrogen-bond acceptors (Lipinski definition) is 3. The number of aliphatic hydroxyl groups excluding tert-OH is 2. The summed E-state index contributed by atoms with van der Waals surface area (Å²) in [4.78, 5) is 0. The summed E-state index contributed by atoms with van der Waals surface area (Å²) in [6.07, 6.45) is -0.821. The average molecular weight is 116 g/mol. The van der Waals surface area contributed by atoms with Gasteiger partial charge in [-0.05, 0) is 0 Å². The van der Waals surface area contributed by atoms with Crippen LogP contribution < -0.4 is 0 Å². The molecule has 3 heteroatoms. The Morgan fingerprint density at radius 1 is 1.38 bits per heavy atom. The van der Waals surface area contributed by atoms with Crippen LogP contribution in [-0.2, 0) is 4.74 Å². The SMILES string of the molecule is OC1COC2C(O)C12. The fraction of sp³-hybridized carbons (Fsp3) is 1.00. The first-order valence-electron chi connectivity index (χ1n) is 2.78. The first kappa shape index (κ1) is 4.73. The molecule has 0 aromatic carbocycles. The highest BCUT2D eigenvalue weighted by atomic mass is 16.5. The molecule has 2 fully saturated rings. The van der Waals surface area contributed by atoms with Crippen LogP contribution >= 0.6 is 0 Å². The van der Waals surface area contributed by atoms with Crippen LogP contribution in [0.2, 0.25) is 0 Å². The minimum absolute atomic E-state index is 0.0370. The maximum Gasteiger partial charge on any atom is 0.0919 e. The van der Waals surface area contributed by atoms with E-state index >= 15 is 0 Å². The molecule has 0 aromatic rings. The minimum atomic E-state index is -0.407. The Hall–Kier alpha value is -0.120. The van der Waals surface area contributed by atoms with Gasteiger partial charge < -0.3 is 14.9 Å². The highest BCUT2D eigenvalue weighted by molar-refractivity contribution is 5.07. The van der Waals surface area contributed by atoms with E-state index in [0.717, 1.165) is 0 Å². The van der Waals surface area contributed by atoms with Crippen LogP contribution in [0.4, 0.5) is 0 Å². The first-order valence-corrected chi connectivity index (χ1v) is 2.78. The van der Waals surface area contributed by atoms with Gasteiger partial charge in [0.25, 0.3) is 0 Å². The molecule has 4 unspecified atom stereocenters. The third kappa shape index (κ3) is 0.393. The molecular formula is C5H8O3. The van der Waals surface area contributed by atoms with Gasteiger partial charge in [0, 0.05) is 5.92 Å². The molecule has 46 valence electrons. The lowest BCUT2D eigenvalue weighted by Crippen LogP contribution is -2.15. The van der Waals surface area contributed by atoms with Gasteiger partial charge in [-0.2, -0.15) is 0 Å². The van der Waals surface area contributed by atoms with E-state index in [2.05, 4.69) is 0 Å². The Morgan fingerprint density at radius 3 is 2.38 bits per heavy atom. The van der Waals surface area contributed by atoms with Crippen LogP contribution in [0.5, 0.6) is 0 Å². The lowest BCUT2D eigenvalue weighted by molar-refractivity contribution is 0.0354. The normalized spacial score (nSPS) is 60.8. The second kappa shape index (κ2) is 1.23. The average Bonchev–Trinajstić information content (AvgIpc) is 2.13. The van der Waals surface area contributed by atoms with Crippen LogP contribution in [0.15, 0.2) is 0 Å². The first-order chi connectivity index (χ1) is 3.80. The molecule has 0 radical (unpaired) electrons. The number of hydrogen-bond donors (Lipinski definition) is 2. The zero-order valence-corrected chi connectivity index (χ0v) is 4.32. The highest BCUT2D eigenvalue weighted by Crippen LogP contribution is 2.42. The number of aliphatic hydroxyl groups is 2. The molecule has 0 bridgehead atoms. The smallest absolute Gasteiger partial charge is 0.0919 e. The van der Waals surface area contributed by atoms with Crippen molar-refractivity contribution in [2.45, 2.75) is 18.3 Å². The quantitative estimate of drug-likeness (QED) is 0.415. The molecule has 8 heavy (non-hydrogen) atoms.